The highest BCUT2D eigenvalue weighted by Gasteiger charge is 2.32. The molecule has 0 unspecified atom stereocenters. The van der Waals surface area contributed by atoms with Crippen molar-refractivity contribution >= 4 is 17.4 Å². The van der Waals surface area contributed by atoms with Crippen LogP contribution in [0.4, 0.5) is 11.5 Å². The molecule has 1 aromatic heterocycles. The molecule has 3 N–H and O–H groups in total. The number of aromatic amines is 1. The van der Waals surface area contributed by atoms with Crippen LogP contribution in [-0.4, -0.2) is 66.0 Å². The average Bonchev–Trinajstić information content (AvgIpc) is 3.28. The zero-order valence-corrected chi connectivity index (χ0v) is 18.6. The van der Waals surface area contributed by atoms with Gasteiger partial charge in [0.2, 0.25) is 5.91 Å². The molecule has 2 fully saturated rings. The van der Waals surface area contributed by atoms with Gasteiger partial charge < -0.3 is 20.1 Å². The highest BCUT2D eigenvalue weighted by molar-refractivity contribution is 5.96. The summed E-state index contributed by atoms with van der Waals surface area (Å²) < 4.78 is 12.6. The Hall–Kier alpha value is -2.17. The Morgan fingerprint density at radius 1 is 1.16 bits per heavy atom. The molecule has 3 rings (SSSR count). The Labute approximate surface area is 182 Å². The Bertz CT molecular complexity index is 853. The number of unbranched alkanes of at least 4 members (excludes halogenated alkanes) is 1. The second-order valence-electron chi connectivity index (χ2n) is 8.27. The van der Waals surface area contributed by atoms with Gasteiger partial charge in [0.1, 0.15) is 5.82 Å². The molecular weight excluding hydrogens is 402 g/mol. The monoisotopic (exact) mass is 437 g/mol. The standard InChI is InChI=1S/C21H35N5O5/c1-3-5-9-25(17-18(22)26(8-4-2)21(29)23-19(17)28)16(27)14-24-10-6-15(7-11-24)20-30-12-13-31-20/h15,20H,3-14,22H2,1-2H3,(H,23,28,29). The van der Waals surface area contributed by atoms with Crippen LogP contribution in [0.2, 0.25) is 0 Å². The van der Waals surface area contributed by atoms with Gasteiger partial charge >= 0.3 is 5.69 Å². The minimum Gasteiger partial charge on any atom is -0.383 e. The summed E-state index contributed by atoms with van der Waals surface area (Å²) in [5.74, 6) is 0.217. The van der Waals surface area contributed by atoms with Gasteiger partial charge in [0.25, 0.3) is 5.56 Å². The van der Waals surface area contributed by atoms with Crippen molar-refractivity contribution in [1.29, 1.82) is 0 Å². The van der Waals surface area contributed by atoms with Crippen molar-refractivity contribution in [3.8, 4) is 0 Å². The molecule has 2 saturated heterocycles. The van der Waals surface area contributed by atoms with Crippen LogP contribution in [0.1, 0.15) is 46.0 Å². The van der Waals surface area contributed by atoms with Crippen molar-refractivity contribution in [2.45, 2.75) is 58.8 Å². The molecule has 1 aromatic rings. The third-order valence-corrected chi connectivity index (χ3v) is 5.99. The van der Waals surface area contributed by atoms with Gasteiger partial charge in [-0.15, -0.1) is 0 Å². The summed E-state index contributed by atoms with van der Waals surface area (Å²) >= 11 is 0. The smallest absolute Gasteiger partial charge is 0.330 e. The number of hydrogen-bond donors (Lipinski definition) is 2. The maximum absolute atomic E-state index is 13.3. The second kappa shape index (κ2) is 10.9. The molecule has 2 aliphatic heterocycles. The fraction of sp³-hybridized carbons (Fsp3) is 0.762. The molecule has 2 aliphatic rings. The molecule has 3 heterocycles. The zero-order valence-electron chi connectivity index (χ0n) is 18.6. The van der Waals surface area contributed by atoms with Gasteiger partial charge in [-0.25, -0.2) is 4.79 Å². The average molecular weight is 438 g/mol. The Kier molecular flexibility index (Phi) is 8.28. The summed E-state index contributed by atoms with van der Waals surface area (Å²) in [4.78, 5) is 43.9. The van der Waals surface area contributed by atoms with Crippen molar-refractivity contribution in [2.75, 3.05) is 50.0 Å². The minimum atomic E-state index is -0.617. The molecule has 31 heavy (non-hydrogen) atoms. The van der Waals surface area contributed by atoms with Gasteiger partial charge in [-0.2, -0.15) is 0 Å². The van der Waals surface area contributed by atoms with Crippen molar-refractivity contribution in [1.82, 2.24) is 14.5 Å². The molecular formula is C21H35N5O5. The van der Waals surface area contributed by atoms with Gasteiger partial charge in [-0.05, 0) is 38.8 Å². The summed E-state index contributed by atoms with van der Waals surface area (Å²) in [6, 6.07) is 0. The molecule has 1 amide bonds. The Morgan fingerprint density at radius 2 is 1.84 bits per heavy atom. The van der Waals surface area contributed by atoms with Crippen molar-refractivity contribution in [3.63, 3.8) is 0 Å². The first-order valence-corrected chi connectivity index (χ1v) is 11.3. The molecule has 0 saturated carbocycles. The van der Waals surface area contributed by atoms with Gasteiger partial charge in [-0.1, -0.05) is 20.3 Å². The number of nitrogens with zero attached hydrogens (tertiary/aromatic N) is 3. The number of amides is 1. The first-order chi connectivity index (χ1) is 15.0. The predicted octanol–water partition coefficient (Wildman–Crippen LogP) is 0.747. The number of aromatic nitrogens is 2. The molecule has 0 aromatic carbocycles. The molecule has 0 bridgehead atoms. The first kappa shape index (κ1) is 23.5. The summed E-state index contributed by atoms with van der Waals surface area (Å²) in [6.07, 6.45) is 3.95. The number of carbonyl (C=O) groups excluding carboxylic acids is 1. The molecule has 0 aliphatic carbocycles. The lowest BCUT2D eigenvalue weighted by atomic mass is 9.96. The fourth-order valence-electron chi connectivity index (χ4n) is 4.27. The number of nitrogen functional groups attached to an aromatic ring is 1. The quantitative estimate of drug-likeness (QED) is 0.584. The maximum atomic E-state index is 13.3. The van der Waals surface area contributed by atoms with Crippen LogP contribution in [0, 0.1) is 5.92 Å². The van der Waals surface area contributed by atoms with Crippen LogP contribution in [0.25, 0.3) is 0 Å². The van der Waals surface area contributed by atoms with E-state index in [4.69, 9.17) is 15.2 Å². The summed E-state index contributed by atoms with van der Waals surface area (Å²) in [7, 11) is 0. The normalized spacial score (nSPS) is 18.5. The van der Waals surface area contributed by atoms with Crippen LogP contribution < -0.4 is 21.9 Å². The van der Waals surface area contributed by atoms with E-state index < -0.39 is 11.2 Å². The number of anilines is 2. The van der Waals surface area contributed by atoms with E-state index in [0.717, 1.165) is 38.8 Å². The van der Waals surface area contributed by atoms with Gasteiger partial charge in [0.05, 0.1) is 19.8 Å². The molecule has 10 nitrogen and oxygen atoms in total. The molecule has 0 spiro atoms. The van der Waals surface area contributed by atoms with Crippen molar-refractivity contribution in [3.05, 3.63) is 20.8 Å². The number of nitrogens with two attached hydrogens (primary N) is 1. The number of piperidine rings is 1. The minimum absolute atomic E-state index is 0.0503. The number of ether oxygens (including phenoxy) is 2. The summed E-state index contributed by atoms with van der Waals surface area (Å²) in [5.41, 5.74) is 5.12. The predicted molar refractivity (Wildman–Crippen MR) is 118 cm³/mol. The lowest BCUT2D eigenvalue weighted by Crippen LogP contribution is -2.47. The third kappa shape index (κ3) is 5.55. The maximum Gasteiger partial charge on any atom is 0.330 e. The lowest BCUT2D eigenvalue weighted by molar-refractivity contribution is -0.121. The van der Waals surface area contributed by atoms with E-state index >= 15 is 0 Å². The number of likely N-dealkylation sites (tertiary alicyclic amines) is 1. The zero-order chi connectivity index (χ0) is 22.4. The van der Waals surface area contributed by atoms with Crippen molar-refractivity contribution < 1.29 is 14.3 Å². The largest absolute Gasteiger partial charge is 0.383 e. The van der Waals surface area contributed by atoms with Crippen molar-refractivity contribution in [2.24, 2.45) is 5.92 Å². The number of hydrogen-bond acceptors (Lipinski definition) is 7. The van der Waals surface area contributed by atoms with Gasteiger partial charge in [-0.3, -0.25) is 24.0 Å². The van der Waals surface area contributed by atoms with E-state index in [1.807, 2.05) is 13.8 Å². The van der Waals surface area contributed by atoms with E-state index in [0.29, 0.717) is 38.6 Å². The van der Waals surface area contributed by atoms with Crippen LogP contribution in [-0.2, 0) is 20.8 Å². The van der Waals surface area contributed by atoms with Crippen LogP contribution in [0.15, 0.2) is 9.59 Å². The lowest BCUT2D eigenvalue weighted by Gasteiger charge is -2.34. The van der Waals surface area contributed by atoms with Crippen LogP contribution in [0.5, 0.6) is 0 Å². The molecule has 0 radical (unpaired) electrons. The van der Waals surface area contributed by atoms with E-state index in [1.165, 1.54) is 9.47 Å². The highest BCUT2D eigenvalue weighted by Crippen LogP contribution is 2.26. The SMILES string of the molecule is CCCCN(C(=O)CN1CCC(C2OCCO2)CC1)c1c(N)n(CCC)c(=O)[nH]c1=O. The number of carbonyl (C=O) groups is 1. The fourth-order valence-corrected chi connectivity index (χ4v) is 4.27. The van der Waals surface area contributed by atoms with Crippen LogP contribution >= 0.6 is 0 Å². The van der Waals surface area contributed by atoms with E-state index in [2.05, 4.69) is 9.88 Å². The summed E-state index contributed by atoms with van der Waals surface area (Å²) in [5, 5.41) is 0. The Morgan fingerprint density at radius 3 is 2.45 bits per heavy atom. The Balaban J connectivity index is 1.74. The number of nitrogens with one attached hydrogen (secondary N) is 1. The number of rotatable bonds is 9. The van der Waals surface area contributed by atoms with Gasteiger partial charge in [0, 0.05) is 19.0 Å². The highest BCUT2D eigenvalue weighted by atomic mass is 16.7. The van der Waals surface area contributed by atoms with E-state index in [1.54, 1.807) is 0 Å². The number of H-pyrrole nitrogens is 1. The second-order valence-corrected chi connectivity index (χ2v) is 8.27. The molecule has 0 atom stereocenters. The third-order valence-electron chi connectivity index (χ3n) is 5.99. The van der Waals surface area contributed by atoms with Crippen LogP contribution in [0.3, 0.4) is 0 Å². The van der Waals surface area contributed by atoms with E-state index in [-0.39, 0.29) is 30.2 Å². The molecule has 174 valence electrons. The van der Waals surface area contributed by atoms with E-state index in [9.17, 15) is 14.4 Å². The molecule has 10 heteroatoms. The van der Waals surface area contributed by atoms with Gasteiger partial charge in [0.15, 0.2) is 12.0 Å². The topological polar surface area (TPSA) is 123 Å². The first-order valence-electron chi connectivity index (χ1n) is 11.3. The summed E-state index contributed by atoms with van der Waals surface area (Å²) in [6.45, 7) is 7.72.